The molecule has 2 unspecified atom stereocenters. The molecule has 0 fully saturated rings. The Kier molecular flexibility index (Phi) is 5.18. The highest BCUT2D eigenvalue weighted by atomic mass is 79.9. The van der Waals surface area contributed by atoms with Crippen molar-refractivity contribution in [3.8, 4) is 0 Å². The molecule has 0 amide bonds. The lowest BCUT2D eigenvalue weighted by atomic mass is 10.1. The van der Waals surface area contributed by atoms with E-state index in [4.69, 9.17) is 5.73 Å². The van der Waals surface area contributed by atoms with Crippen LogP contribution >= 0.6 is 27.7 Å². The first-order chi connectivity index (χ1) is 9.45. The molecule has 0 aliphatic heterocycles. The third kappa shape index (κ3) is 4.04. The third-order valence-corrected chi connectivity index (χ3v) is 4.69. The van der Waals surface area contributed by atoms with E-state index >= 15 is 0 Å². The minimum Gasteiger partial charge on any atom is -0.327 e. The van der Waals surface area contributed by atoms with Crippen molar-refractivity contribution in [1.82, 2.24) is 9.97 Å². The maximum absolute atomic E-state index is 6.15. The molecule has 3 nitrogen and oxygen atoms in total. The Labute approximate surface area is 132 Å². The minimum atomic E-state index is 0.0127. The van der Waals surface area contributed by atoms with Crippen LogP contribution < -0.4 is 5.73 Å². The van der Waals surface area contributed by atoms with Crippen LogP contribution in [0.3, 0.4) is 0 Å². The molecule has 2 N–H and O–H groups in total. The summed E-state index contributed by atoms with van der Waals surface area (Å²) in [5.74, 6) is 0. The smallest absolute Gasteiger partial charge is 0.188 e. The molecule has 0 saturated carbocycles. The molecule has 0 aliphatic rings. The van der Waals surface area contributed by atoms with Crippen LogP contribution in [0.2, 0.25) is 0 Å². The summed E-state index contributed by atoms with van der Waals surface area (Å²) in [6, 6.07) is 10.2. The van der Waals surface area contributed by atoms with Crippen LogP contribution in [0.25, 0.3) is 0 Å². The first-order valence-corrected chi connectivity index (χ1v) is 8.13. The van der Waals surface area contributed by atoms with Crippen molar-refractivity contribution in [2.75, 3.05) is 0 Å². The van der Waals surface area contributed by atoms with E-state index in [0.717, 1.165) is 21.0 Å². The molecule has 20 heavy (non-hydrogen) atoms. The molecular weight excluding hydrogens is 334 g/mol. The number of aryl methyl sites for hydroxylation is 2. The van der Waals surface area contributed by atoms with Gasteiger partial charge < -0.3 is 5.73 Å². The molecule has 106 valence electrons. The van der Waals surface area contributed by atoms with Crippen LogP contribution in [0.4, 0.5) is 0 Å². The van der Waals surface area contributed by atoms with Crippen molar-refractivity contribution in [1.29, 1.82) is 0 Å². The summed E-state index contributed by atoms with van der Waals surface area (Å²) in [4.78, 5) is 8.98. The highest BCUT2D eigenvalue weighted by Crippen LogP contribution is 2.36. The van der Waals surface area contributed by atoms with E-state index in [1.54, 1.807) is 11.8 Å². The van der Waals surface area contributed by atoms with Gasteiger partial charge >= 0.3 is 0 Å². The number of halogens is 1. The van der Waals surface area contributed by atoms with Gasteiger partial charge in [-0.1, -0.05) is 39.8 Å². The van der Waals surface area contributed by atoms with Crippen LogP contribution in [0.5, 0.6) is 0 Å². The largest absolute Gasteiger partial charge is 0.327 e. The van der Waals surface area contributed by atoms with Gasteiger partial charge in [-0.3, -0.25) is 0 Å². The fraction of sp³-hybridized carbons (Fsp3) is 0.333. The van der Waals surface area contributed by atoms with Crippen LogP contribution in [-0.4, -0.2) is 16.0 Å². The quantitative estimate of drug-likeness (QED) is 0.667. The number of hydrogen-bond acceptors (Lipinski definition) is 4. The SMILES string of the molecule is Cc1cc(C)nc(SC(c2cccc(Br)c2)C(C)N)n1. The summed E-state index contributed by atoms with van der Waals surface area (Å²) in [6.45, 7) is 5.98. The van der Waals surface area contributed by atoms with Gasteiger partial charge in [-0.2, -0.15) is 0 Å². The summed E-state index contributed by atoms with van der Waals surface area (Å²) in [6.07, 6.45) is 0. The lowest BCUT2D eigenvalue weighted by Gasteiger charge is -2.20. The number of nitrogens with two attached hydrogens (primary N) is 1. The van der Waals surface area contributed by atoms with Crippen molar-refractivity contribution in [2.24, 2.45) is 5.73 Å². The average molecular weight is 352 g/mol. The Bertz CT molecular complexity index is 581. The lowest BCUT2D eigenvalue weighted by Crippen LogP contribution is -2.22. The zero-order valence-electron chi connectivity index (χ0n) is 11.8. The zero-order chi connectivity index (χ0) is 14.7. The van der Waals surface area contributed by atoms with Gasteiger partial charge in [-0.25, -0.2) is 9.97 Å². The second-order valence-corrected chi connectivity index (χ2v) is 6.91. The van der Waals surface area contributed by atoms with E-state index in [1.165, 1.54) is 5.56 Å². The number of rotatable bonds is 4. The molecule has 1 aromatic carbocycles. The maximum Gasteiger partial charge on any atom is 0.188 e. The van der Waals surface area contributed by atoms with Crippen molar-refractivity contribution >= 4 is 27.7 Å². The molecule has 0 radical (unpaired) electrons. The first kappa shape index (κ1) is 15.5. The number of hydrogen-bond donors (Lipinski definition) is 1. The van der Waals surface area contributed by atoms with Gasteiger partial charge in [0.25, 0.3) is 0 Å². The Morgan fingerprint density at radius 1 is 1.15 bits per heavy atom. The predicted molar refractivity (Wildman–Crippen MR) is 87.9 cm³/mol. The van der Waals surface area contributed by atoms with Gasteiger partial charge in [-0.05, 0) is 44.5 Å². The molecule has 0 saturated heterocycles. The molecule has 1 aromatic heterocycles. The van der Waals surface area contributed by atoms with Gasteiger partial charge in [0.2, 0.25) is 0 Å². The van der Waals surface area contributed by atoms with E-state index in [2.05, 4.69) is 38.0 Å². The van der Waals surface area contributed by atoms with E-state index in [9.17, 15) is 0 Å². The van der Waals surface area contributed by atoms with Crippen LogP contribution in [0, 0.1) is 13.8 Å². The van der Waals surface area contributed by atoms with E-state index in [0.29, 0.717) is 0 Å². The van der Waals surface area contributed by atoms with Crippen LogP contribution in [0.15, 0.2) is 40.0 Å². The lowest BCUT2D eigenvalue weighted by molar-refractivity contribution is 0.716. The minimum absolute atomic E-state index is 0.0127. The number of thioether (sulfide) groups is 1. The fourth-order valence-corrected chi connectivity index (χ4v) is 3.56. The fourth-order valence-electron chi connectivity index (χ4n) is 2.02. The number of nitrogens with zero attached hydrogens (tertiary/aromatic N) is 2. The maximum atomic E-state index is 6.15. The number of benzene rings is 1. The van der Waals surface area contributed by atoms with Crippen LogP contribution in [0.1, 0.15) is 29.1 Å². The topological polar surface area (TPSA) is 51.8 Å². The van der Waals surface area contributed by atoms with E-state index < -0.39 is 0 Å². The summed E-state index contributed by atoms with van der Waals surface area (Å²) in [5.41, 5.74) is 9.30. The van der Waals surface area contributed by atoms with Crippen molar-refractivity contribution < 1.29 is 0 Å². The molecule has 0 aliphatic carbocycles. The summed E-state index contributed by atoms with van der Waals surface area (Å²) >= 11 is 5.13. The molecule has 2 atom stereocenters. The highest BCUT2D eigenvalue weighted by Gasteiger charge is 2.19. The molecular formula is C15H18BrN3S. The average Bonchev–Trinajstić information content (AvgIpc) is 2.34. The van der Waals surface area contributed by atoms with Crippen molar-refractivity contribution in [3.05, 3.63) is 51.8 Å². The third-order valence-electron chi connectivity index (χ3n) is 2.85. The van der Waals surface area contributed by atoms with E-state index in [-0.39, 0.29) is 11.3 Å². The van der Waals surface area contributed by atoms with Gasteiger partial charge in [0, 0.05) is 21.9 Å². The summed E-state index contributed by atoms with van der Waals surface area (Å²) in [5, 5.41) is 0.915. The second-order valence-electron chi connectivity index (χ2n) is 4.89. The Hall–Kier alpha value is -0.910. The normalized spacial score (nSPS) is 14.1. The molecule has 2 rings (SSSR count). The summed E-state index contributed by atoms with van der Waals surface area (Å²) < 4.78 is 1.06. The Morgan fingerprint density at radius 2 is 1.80 bits per heavy atom. The monoisotopic (exact) mass is 351 g/mol. The molecule has 2 aromatic rings. The molecule has 5 heteroatoms. The molecule has 0 spiro atoms. The van der Waals surface area contributed by atoms with Gasteiger partial charge in [0.15, 0.2) is 5.16 Å². The van der Waals surface area contributed by atoms with Crippen LogP contribution in [-0.2, 0) is 0 Å². The second kappa shape index (κ2) is 6.70. The zero-order valence-corrected chi connectivity index (χ0v) is 14.2. The first-order valence-electron chi connectivity index (χ1n) is 6.45. The molecule has 1 heterocycles. The standard InChI is InChI=1S/C15H18BrN3S/c1-9-7-10(2)19-15(18-9)20-14(11(3)17)12-5-4-6-13(16)8-12/h4-8,11,14H,17H2,1-3H3. The van der Waals surface area contributed by atoms with Gasteiger partial charge in [-0.15, -0.1) is 0 Å². The van der Waals surface area contributed by atoms with Crippen molar-refractivity contribution in [2.45, 2.75) is 37.2 Å². The van der Waals surface area contributed by atoms with E-state index in [1.807, 2.05) is 39.0 Å². The Morgan fingerprint density at radius 3 is 2.35 bits per heavy atom. The van der Waals surface area contributed by atoms with Gasteiger partial charge in [0.05, 0.1) is 5.25 Å². The van der Waals surface area contributed by atoms with Crippen molar-refractivity contribution in [3.63, 3.8) is 0 Å². The van der Waals surface area contributed by atoms with Gasteiger partial charge in [0.1, 0.15) is 0 Å². The number of aromatic nitrogens is 2. The Balaban J connectivity index is 2.30. The highest BCUT2D eigenvalue weighted by molar-refractivity contribution is 9.10. The molecule has 0 bridgehead atoms. The summed E-state index contributed by atoms with van der Waals surface area (Å²) in [7, 11) is 0. The predicted octanol–water partition coefficient (Wildman–Crippen LogP) is 4.04.